The molecule has 88 valence electrons. The van der Waals surface area contributed by atoms with Crippen molar-refractivity contribution in [3.05, 3.63) is 12.4 Å². The van der Waals surface area contributed by atoms with Gasteiger partial charge in [0.2, 0.25) is 0 Å². The second-order valence-electron chi connectivity index (χ2n) is 4.16. The maximum atomic E-state index is 11.4. The maximum absolute atomic E-state index is 11.4. The minimum absolute atomic E-state index is 0.204. The summed E-state index contributed by atoms with van der Waals surface area (Å²) in [6, 6.07) is 0. The SMILES string of the molecule is CC(C)(C)OC(=O)CSc1cncc(N)n1. The number of ether oxygens (including phenoxy) is 1. The molecule has 16 heavy (non-hydrogen) atoms. The first-order valence-electron chi connectivity index (χ1n) is 4.79. The van der Waals surface area contributed by atoms with E-state index in [1.54, 1.807) is 6.20 Å². The van der Waals surface area contributed by atoms with Crippen LogP contribution >= 0.6 is 11.8 Å². The van der Waals surface area contributed by atoms with Crippen molar-refractivity contribution in [2.75, 3.05) is 11.5 Å². The standard InChI is InChI=1S/C10H15N3O2S/c1-10(2,3)15-9(14)6-16-8-5-12-4-7(11)13-8/h4-5H,6H2,1-3H3,(H2,11,13). The molecule has 0 saturated carbocycles. The molecule has 1 rings (SSSR count). The number of rotatable bonds is 3. The third-order valence-electron chi connectivity index (χ3n) is 1.39. The lowest BCUT2D eigenvalue weighted by Gasteiger charge is -2.19. The molecule has 0 bridgehead atoms. The number of hydrogen-bond donors (Lipinski definition) is 1. The Morgan fingerprint density at radius 1 is 1.50 bits per heavy atom. The summed E-state index contributed by atoms with van der Waals surface area (Å²) in [5.41, 5.74) is 5.00. The average molecular weight is 241 g/mol. The van der Waals surface area contributed by atoms with Crippen LogP contribution in [0.2, 0.25) is 0 Å². The number of thioether (sulfide) groups is 1. The predicted molar refractivity (Wildman–Crippen MR) is 63.0 cm³/mol. The Morgan fingerprint density at radius 2 is 2.19 bits per heavy atom. The second-order valence-corrected chi connectivity index (χ2v) is 5.15. The smallest absolute Gasteiger partial charge is 0.316 e. The molecule has 0 atom stereocenters. The molecule has 1 heterocycles. The Bertz CT molecular complexity index is 377. The zero-order valence-corrected chi connectivity index (χ0v) is 10.4. The van der Waals surface area contributed by atoms with Crippen molar-refractivity contribution in [3.8, 4) is 0 Å². The molecule has 0 amide bonds. The van der Waals surface area contributed by atoms with Gasteiger partial charge >= 0.3 is 5.97 Å². The van der Waals surface area contributed by atoms with E-state index in [-0.39, 0.29) is 11.7 Å². The zero-order chi connectivity index (χ0) is 12.2. The highest BCUT2D eigenvalue weighted by Crippen LogP contribution is 2.16. The molecule has 0 fully saturated rings. The van der Waals surface area contributed by atoms with Crippen LogP contribution in [0.3, 0.4) is 0 Å². The first kappa shape index (κ1) is 12.8. The van der Waals surface area contributed by atoms with E-state index in [0.717, 1.165) is 0 Å². The number of esters is 1. The van der Waals surface area contributed by atoms with Gasteiger partial charge in [0.15, 0.2) is 0 Å². The van der Waals surface area contributed by atoms with Crippen LogP contribution in [0.15, 0.2) is 17.4 Å². The topological polar surface area (TPSA) is 78.1 Å². The number of nitrogens with zero attached hydrogens (tertiary/aromatic N) is 2. The number of carbonyl (C=O) groups is 1. The van der Waals surface area contributed by atoms with Crippen molar-refractivity contribution in [2.24, 2.45) is 0 Å². The van der Waals surface area contributed by atoms with Gasteiger partial charge in [0.25, 0.3) is 0 Å². The van der Waals surface area contributed by atoms with Crippen molar-refractivity contribution in [1.29, 1.82) is 0 Å². The monoisotopic (exact) mass is 241 g/mol. The molecule has 0 radical (unpaired) electrons. The summed E-state index contributed by atoms with van der Waals surface area (Å²) in [7, 11) is 0. The van der Waals surface area contributed by atoms with Gasteiger partial charge < -0.3 is 10.5 Å². The molecule has 0 unspecified atom stereocenters. The number of hydrogen-bond acceptors (Lipinski definition) is 6. The van der Waals surface area contributed by atoms with E-state index in [1.807, 2.05) is 20.8 Å². The Kier molecular flexibility index (Phi) is 4.12. The number of aromatic nitrogens is 2. The van der Waals surface area contributed by atoms with Crippen LogP contribution < -0.4 is 5.73 Å². The number of carbonyl (C=O) groups excluding carboxylic acids is 1. The van der Waals surface area contributed by atoms with E-state index in [9.17, 15) is 4.79 Å². The van der Waals surface area contributed by atoms with Gasteiger partial charge in [0.05, 0.1) is 18.1 Å². The lowest BCUT2D eigenvalue weighted by molar-refractivity contribution is -0.151. The lowest BCUT2D eigenvalue weighted by atomic mass is 10.2. The van der Waals surface area contributed by atoms with Crippen LogP contribution in [0.25, 0.3) is 0 Å². The van der Waals surface area contributed by atoms with Crippen LogP contribution in [-0.2, 0) is 9.53 Å². The minimum Gasteiger partial charge on any atom is -0.459 e. The van der Waals surface area contributed by atoms with Gasteiger partial charge in [-0.25, -0.2) is 4.98 Å². The highest BCUT2D eigenvalue weighted by molar-refractivity contribution is 7.99. The van der Waals surface area contributed by atoms with Crippen molar-refractivity contribution in [2.45, 2.75) is 31.4 Å². The molecule has 0 saturated heterocycles. The van der Waals surface area contributed by atoms with Gasteiger partial charge in [0.1, 0.15) is 16.4 Å². The van der Waals surface area contributed by atoms with Gasteiger partial charge in [-0.2, -0.15) is 0 Å². The first-order chi connectivity index (χ1) is 7.37. The molecule has 0 aliphatic rings. The van der Waals surface area contributed by atoms with Crippen LogP contribution in [0.5, 0.6) is 0 Å². The molecule has 0 aliphatic carbocycles. The zero-order valence-electron chi connectivity index (χ0n) is 9.56. The highest BCUT2D eigenvalue weighted by Gasteiger charge is 2.16. The maximum Gasteiger partial charge on any atom is 0.316 e. The van der Waals surface area contributed by atoms with Gasteiger partial charge in [-0.3, -0.25) is 9.78 Å². The largest absolute Gasteiger partial charge is 0.459 e. The van der Waals surface area contributed by atoms with E-state index in [2.05, 4.69) is 9.97 Å². The third kappa shape index (κ3) is 4.97. The van der Waals surface area contributed by atoms with Crippen molar-refractivity contribution >= 4 is 23.5 Å². The molecule has 1 aromatic heterocycles. The second kappa shape index (κ2) is 5.16. The molecule has 5 nitrogen and oxygen atoms in total. The van der Waals surface area contributed by atoms with E-state index in [0.29, 0.717) is 10.8 Å². The normalized spacial score (nSPS) is 11.2. The Hall–Kier alpha value is -1.30. The van der Waals surface area contributed by atoms with Gasteiger partial charge in [-0.1, -0.05) is 11.8 Å². The molecule has 0 spiro atoms. The molecule has 2 N–H and O–H groups in total. The quantitative estimate of drug-likeness (QED) is 0.638. The average Bonchev–Trinajstić information content (AvgIpc) is 2.12. The van der Waals surface area contributed by atoms with Gasteiger partial charge in [0, 0.05) is 0 Å². The van der Waals surface area contributed by atoms with Crippen molar-refractivity contribution in [1.82, 2.24) is 9.97 Å². The first-order valence-corrected chi connectivity index (χ1v) is 5.77. The fraction of sp³-hybridized carbons (Fsp3) is 0.500. The summed E-state index contributed by atoms with van der Waals surface area (Å²) >= 11 is 1.26. The molecule has 6 heteroatoms. The van der Waals surface area contributed by atoms with Crippen molar-refractivity contribution in [3.63, 3.8) is 0 Å². The van der Waals surface area contributed by atoms with Crippen LogP contribution in [0.1, 0.15) is 20.8 Å². The molecular formula is C10H15N3O2S. The van der Waals surface area contributed by atoms with E-state index in [1.165, 1.54) is 18.0 Å². The van der Waals surface area contributed by atoms with E-state index >= 15 is 0 Å². The number of nitrogen functional groups attached to an aromatic ring is 1. The van der Waals surface area contributed by atoms with Gasteiger partial charge in [-0.15, -0.1) is 0 Å². The minimum atomic E-state index is -0.459. The Morgan fingerprint density at radius 3 is 2.75 bits per heavy atom. The van der Waals surface area contributed by atoms with Gasteiger partial charge in [-0.05, 0) is 20.8 Å². The third-order valence-corrected chi connectivity index (χ3v) is 2.26. The summed E-state index contributed by atoms with van der Waals surface area (Å²) in [5, 5.41) is 0.617. The summed E-state index contributed by atoms with van der Waals surface area (Å²) < 4.78 is 5.15. The Balaban J connectivity index is 2.43. The highest BCUT2D eigenvalue weighted by atomic mass is 32.2. The summed E-state index contributed by atoms with van der Waals surface area (Å²) in [5.74, 6) is 0.269. The molecule has 0 aliphatic heterocycles. The summed E-state index contributed by atoms with van der Waals surface area (Å²) in [6.07, 6.45) is 3.02. The van der Waals surface area contributed by atoms with Crippen molar-refractivity contribution < 1.29 is 9.53 Å². The number of nitrogens with two attached hydrogens (primary N) is 1. The summed E-state index contributed by atoms with van der Waals surface area (Å²) in [4.78, 5) is 19.3. The fourth-order valence-electron chi connectivity index (χ4n) is 0.936. The molecule has 1 aromatic rings. The van der Waals surface area contributed by atoms with Crippen LogP contribution in [0.4, 0.5) is 5.82 Å². The van der Waals surface area contributed by atoms with E-state index < -0.39 is 5.60 Å². The fourth-order valence-corrected chi connectivity index (χ4v) is 1.57. The van der Waals surface area contributed by atoms with E-state index in [4.69, 9.17) is 10.5 Å². The van der Waals surface area contributed by atoms with Crippen LogP contribution in [-0.4, -0.2) is 27.3 Å². The summed E-state index contributed by atoms with van der Waals surface area (Å²) in [6.45, 7) is 5.49. The van der Waals surface area contributed by atoms with Crippen LogP contribution in [0, 0.1) is 0 Å². The molecular weight excluding hydrogens is 226 g/mol. The Labute approximate surface area is 98.8 Å². The molecule has 0 aromatic carbocycles. The lowest BCUT2D eigenvalue weighted by Crippen LogP contribution is -2.24. The predicted octanol–water partition coefficient (Wildman–Crippen LogP) is 1.49. The number of anilines is 1.